The van der Waals surface area contributed by atoms with E-state index in [0.717, 1.165) is 16.1 Å². The van der Waals surface area contributed by atoms with Gasteiger partial charge in [0.15, 0.2) is 11.5 Å². The summed E-state index contributed by atoms with van der Waals surface area (Å²) in [5.74, 6) is 0.0618. The van der Waals surface area contributed by atoms with Crippen LogP contribution in [0.4, 0.5) is 8.78 Å². The number of thiazole rings is 1. The zero-order chi connectivity index (χ0) is 21.5. The minimum Gasteiger partial charge on any atom is -0.493 e. The van der Waals surface area contributed by atoms with Crippen LogP contribution < -0.4 is 14.8 Å². The summed E-state index contributed by atoms with van der Waals surface area (Å²) in [6.45, 7) is -0.537. The maximum atomic E-state index is 12.5. The van der Waals surface area contributed by atoms with Crippen LogP contribution in [0.5, 0.6) is 11.5 Å². The number of alkyl halides is 2. The number of hydrogen-bond donors (Lipinski definition) is 1. The van der Waals surface area contributed by atoms with Crippen molar-refractivity contribution in [3.05, 3.63) is 64.7 Å². The molecule has 0 aliphatic heterocycles. The number of nitrogens with one attached hydrogen (secondary N) is 1. The number of ether oxygens (including phenoxy) is 2. The molecule has 0 aliphatic rings. The number of benzene rings is 2. The number of nitrogens with zero attached hydrogens (tertiary/aromatic N) is 1. The van der Waals surface area contributed by atoms with E-state index in [1.165, 1.54) is 30.1 Å². The van der Waals surface area contributed by atoms with Crippen LogP contribution in [0.2, 0.25) is 0 Å². The molecule has 0 saturated carbocycles. The topological polar surface area (TPSA) is 60.5 Å². The lowest BCUT2D eigenvalue weighted by molar-refractivity contribution is -0.120. The van der Waals surface area contributed by atoms with Crippen molar-refractivity contribution in [3.8, 4) is 22.1 Å². The van der Waals surface area contributed by atoms with Gasteiger partial charge in [-0.3, -0.25) is 4.79 Å². The number of carbonyl (C=O) groups is 1. The van der Waals surface area contributed by atoms with Crippen LogP contribution in [-0.2, 0) is 17.6 Å². The molecule has 0 saturated heterocycles. The Morgan fingerprint density at radius 3 is 2.63 bits per heavy atom. The second-order valence-electron chi connectivity index (χ2n) is 6.65. The van der Waals surface area contributed by atoms with Crippen molar-refractivity contribution in [1.29, 1.82) is 0 Å². The average Bonchev–Trinajstić information content (AvgIpc) is 3.16. The van der Waals surface area contributed by atoms with E-state index in [4.69, 9.17) is 4.74 Å². The van der Waals surface area contributed by atoms with Crippen LogP contribution in [0.25, 0.3) is 10.6 Å². The lowest BCUT2D eigenvalue weighted by atomic mass is 10.1. The van der Waals surface area contributed by atoms with E-state index < -0.39 is 6.61 Å². The van der Waals surface area contributed by atoms with Crippen molar-refractivity contribution < 1.29 is 23.0 Å². The summed E-state index contributed by atoms with van der Waals surface area (Å²) in [6.07, 6.45) is 0.658. The summed E-state index contributed by atoms with van der Waals surface area (Å²) in [4.78, 5) is 16.7. The van der Waals surface area contributed by atoms with E-state index >= 15 is 0 Å². The number of amides is 1. The lowest BCUT2D eigenvalue weighted by Crippen LogP contribution is -2.27. The van der Waals surface area contributed by atoms with Crippen molar-refractivity contribution in [2.24, 2.45) is 0 Å². The van der Waals surface area contributed by atoms with Crippen LogP contribution in [0.15, 0.2) is 47.8 Å². The fraction of sp³-hybridized carbons (Fsp3) is 0.273. The molecule has 8 heteroatoms. The molecule has 5 nitrogen and oxygen atoms in total. The predicted octanol–water partition coefficient (Wildman–Crippen LogP) is 4.63. The highest BCUT2D eigenvalue weighted by atomic mass is 32.1. The maximum Gasteiger partial charge on any atom is 0.387 e. The summed E-state index contributed by atoms with van der Waals surface area (Å²) in [5.41, 5.74) is 3.67. The van der Waals surface area contributed by atoms with E-state index in [-0.39, 0.29) is 23.8 Å². The number of rotatable bonds is 9. The first-order chi connectivity index (χ1) is 14.4. The molecule has 1 N–H and O–H groups in total. The van der Waals surface area contributed by atoms with Gasteiger partial charge in [0, 0.05) is 17.5 Å². The fourth-order valence-corrected chi connectivity index (χ4v) is 3.68. The largest absolute Gasteiger partial charge is 0.493 e. The molecule has 0 spiro atoms. The molecule has 0 atom stereocenters. The molecule has 0 aliphatic carbocycles. The molecule has 1 amide bonds. The molecule has 0 unspecified atom stereocenters. The molecule has 1 aromatic heterocycles. The first-order valence-corrected chi connectivity index (χ1v) is 10.2. The smallest absolute Gasteiger partial charge is 0.387 e. The summed E-state index contributed by atoms with van der Waals surface area (Å²) >= 11 is 1.50. The zero-order valence-electron chi connectivity index (χ0n) is 16.7. The van der Waals surface area contributed by atoms with Gasteiger partial charge < -0.3 is 14.8 Å². The molecule has 0 fully saturated rings. The highest BCUT2D eigenvalue weighted by molar-refractivity contribution is 7.13. The van der Waals surface area contributed by atoms with Crippen molar-refractivity contribution in [2.45, 2.75) is 26.4 Å². The number of aryl methyl sites for hydroxylation is 1. The van der Waals surface area contributed by atoms with Gasteiger partial charge in [-0.25, -0.2) is 4.98 Å². The first kappa shape index (κ1) is 21.7. The molecular formula is C22H22F2N2O3S. The summed E-state index contributed by atoms with van der Waals surface area (Å²) in [6, 6.07) is 12.9. The highest BCUT2D eigenvalue weighted by Crippen LogP contribution is 2.29. The van der Waals surface area contributed by atoms with E-state index in [1.807, 2.05) is 36.6 Å². The Hall–Kier alpha value is -3.00. The van der Waals surface area contributed by atoms with Gasteiger partial charge in [0.2, 0.25) is 5.91 Å². The molecule has 3 rings (SSSR count). The van der Waals surface area contributed by atoms with Gasteiger partial charge in [-0.15, -0.1) is 11.3 Å². The molecule has 1 heterocycles. The van der Waals surface area contributed by atoms with Gasteiger partial charge in [-0.2, -0.15) is 8.78 Å². The fourth-order valence-electron chi connectivity index (χ4n) is 2.85. The highest BCUT2D eigenvalue weighted by Gasteiger charge is 2.12. The van der Waals surface area contributed by atoms with Gasteiger partial charge in [-0.05, 0) is 31.0 Å². The van der Waals surface area contributed by atoms with Crippen molar-refractivity contribution in [3.63, 3.8) is 0 Å². The van der Waals surface area contributed by atoms with Crippen molar-refractivity contribution >= 4 is 17.2 Å². The lowest BCUT2D eigenvalue weighted by Gasteiger charge is -2.11. The molecule has 2 aromatic carbocycles. The van der Waals surface area contributed by atoms with Crippen LogP contribution in [0.3, 0.4) is 0 Å². The zero-order valence-corrected chi connectivity index (χ0v) is 17.5. The van der Waals surface area contributed by atoms with E-state index in [9.17, 15) is 13.6 Å². The number of halogens is 2. The van der Waals surface area contributed by atoms with Crippen LogP contribution in [-0.4, -0.2) is 31.2 Å². The Bertz CT molecular complexity index is 990. The van der Waals surface area contributed by atoms with Gasteiger partial charge in [0.25, 0.3) is 0 Å². The van der Waals surface area contributed by atoms with E-state index in [2.05, 4.69) is 15.0 Å². The van der Waals surface area contributed by atoms with Crippen LogP contribution in [0, 0.1) is 6.92 Å². The SMILES string of the molecule is COc1ccc(CCNC(=O)Cc2csc(-c3ccc(C)cc3)n2)cc1OC(F)F. The second kappa shape index (κ2) is 10.2. The third-order valence-corrected chi connectivity index (χ3v) is 5.31. The maximum absolute atomic E-state index is 12.5. The molecule has 0 radical (unpaired) electrons. The minimum absolute atomic E-state index is 0.0255. The molecule has 158 valence electrons. The Balaban J connectivity index is 1.51. The number of methoxy groups -OCH3 is 1. The standard InChI is InChI=1S/C22H22F2N2O3S/c1-14-3-6-16(7-4-14)21-26-17(13-30-21)12-20(27)25-10-9-15-5-8-18(28-2)19(11-15)29-22(23)24/h3-8,11,13,22H,9-10,12H2,1-2H3,(H,25,27). The second-order valence-corrected chi connectivity index (χ2v) is 7.51. The first-order valence-electron chi connectivity index (χ1n) is 9.34. The van der Waals surface area contributed by atoms with Crippen LogP contribution in [0.1, 0.15) is 16.8 Å². The average molecular weight is 432 g/mol. The van der Waals surface area contributed by atoms with Crippen molar-refractivity contribution in [1.82, 2.24) is 10.3 Å². The Labute approximate surface area is 177 Å². The van der Waals surface area contributed by atoms with Gasteiger partial charge in [-0.1, -0.05) is 35.9 Å². The molecule has 3 aromatic rings. The number of aromatic nitrogens is 1. The minimum atomic E-state index is -2.93. The quantitative estimate of drug-likeness (QED) is 0.536. The monoisotopic (exact) mass is 432 g/mol. The summed E-state index contributed by atoms with van der Waals surface area (Å²) in [5, 5.41) is 5.59. The number of carbonyl (C=O) groups excluding carboxylic acids is 1. The predicted molar refractivity (Wildman–Crippen MR) is 112 cm³/mol. The summed E-state index contributed by atoms with van der Waals surface area (Å²) < 4.78 is 34.5. The Kier molecular flexibility index (Phi) is 7.35. The Morgan fingerprint density at radius 2 is 1.93 bits per heavy atom. The van der Waals surface area contributed by atoms with Gasteiger partial charge in [0.1, 0.15) is 5.01 Å². The normalized spacial score (nSPS) is 10.8. The Morgan fingerprint density at radius 1 is 1.17 bits per heavy atom. The van der Waals surface area contributed by atoms with E-state index in [0.29, 0.717) is 18.7 Å². The van der Waals surface area contributed by atoms with Crippen molar-refractivity contribution in [2.75, 3.05) is 13.7 Å². The molecular weight excluding hydrogens is 410 g/mol. The van der Waals surface area contributed by atoms with Gasteiger partial charge >= 0.3 is 6.61 Å². The number of hydrogen-bond acceptors (Lipinski definition) is 5. The third-order valence-electron chi connectivity index (χ3n) is 4.37. The third kappa shape index (κ3) is 6.00. The molecule has 30 heavy (non-hydrogen) atoms. The van der Waals surface area contributed by atoms with Gasteiger partial charge in [0.05, 0.1) is 19.2 Å². The van der Waals surface area contributed by atoms with Crippen LogP contribution >= 0.6 is 11.3 Å². The summed E-state index contributed by atoms with van der Waals surface area (Å²) in [7, 11) is 1.39. The molecule has 0 bridgehead atoms. The van der Waals surface area contributed by atoms with E-state index in [1.54, 1.807) is 12.1 Å².